The Morgan fingerprint density at radius 1 is 1.12 bits per heavy atom. The third-order valence-corrected chi connectivity index (χ3v) is 0.940. The Kier molecular flexibility index (Phi) is 3.69. The molecule has 0 bridgehead atoms. The molecule has 0 aliphatic rings. The molecule has 0 saturated carbocycles. The normalized spacial score (nSPS) is 7.62. The second-order valence-electron chi connectivity index (χ2n) is 1.65. The molecule has 0 aliphatic carbocycles. The van der Waals surface area contributed by atoms with Gasteiger partial charge in [0.05, 0.1) is 0 Å². The first-order chi connectivity index (χ1) is 3.39. The Balaban J connectivity index is 0. The van der Waals surface area contributed by atoms with Crippen molar-refractivity contribution in [1.29, 1.82) is 0 Å². The standard InChI is InChI=1S/C7H8.Li.H/c1-7-5-3-2-4-6-7;;/h2-6H,1H3;;/q;+1;-1. The molecule has 0 saturated heterocycles. The summed E-state index contributed by atoms with van der Waals surface area (Å²) in [6, 6.07) is 10.3. The first-order valence-corrected chi connectivity index (χ1v) is 2.41. The molecular formula is C7H9Li. The summed E-state index contributed by atoms with van der Waals surface area (Å²) in [6.45, 7) is 2.08. The zero-order chi connectivity index (χ0) is 5.11. The maximum absolute atomic E-state index is 2.08. The molecule has 0 atom stereocenters. The molecular weight excluding hydrogens is 91.0 g/mol. The van der Waals surface area contributed by atoms with Crippen molar-refractivity contribution in [2.75, 3.05) is 0 Å². The summed E-state index contributed by atoms with van der Waals surface area (Å²) in [7, 11) is 0. The summed E-state index contributed by atoms with van der Waals surface area (Å²) in [4.78, 5) is 0. The monoisotopic (exact) mass is 100 g/mol. The van der Waals surface area contributed by atoms with Crippen molar-refractivity contribution in [3.63, 3.8) is 0 Å². The van der Waals surface area contributed by atoms with Crippen molar-refractivity contribution in [2.45, 2.75) is 6.92 Å². The Hall–Kier alpha value is -0.183. The van der Waals surface area contributed by atoms with Gasteiger partial charge in [0.2, 0.25) is 0 Å². The van der Waals surface area contributed by atoms with Crippen molar-refractivity contribution in [3.8, 4) is 0 Å². The van der Waals surface area contributed by atoms with Crippen LogP contribution in [0.1, 0.15) is 6.99 Å². The van der Waals surface area contributed by atoms with Gasteiger partial charge in [0.15, 0.2) is 0 Å². The van der Waals surface area contributed by atoms with Gasteiger partial charge in [-0.25, -0.2) is 0 Å². The smallest absolute Gasteiger partial charge is 1.00 e. The summed E-state index contributed by atoms with van der Waals surface area (Å²) < 4.78 is 0. The zero-order valence-corrected chi connectivity index (χ0v) is 5.39. The molecule has 1 heteroatoms. The molecule has 0 aromatic heterocycles. The van der Waals surface area contributed by atoms with Crippen LogP contribution in [0.25, 0.3) is 0 Å². The van der Waals surface area contributed by atoms with Crippen molar-refractivity contribution in [2.24, 2.45) is 0 Å². The van der Waals surface area contributed by atoms with Gasteiger partial charge >= 0.3 is 18.9 Å². The maximum atomic E-state index is 2.08. The molecule has 0 fully saturated rings. The molecule has 0 radical (unpaired) electrons. The van der Waals surface area contributed by atoms with E-state index in [1.165, 1.54) is 5.56 Å². The molecule has 1 aromatic rings. The molecule has 0 aliphatic heterocycles. The second kappa shape index (κ2) is 3.78. The van der Waals surface area contributed by atoms with Gasteiger partial charge in [0, 0.05) is 0 Å². The van der Waals surface area contributed by atoms with Crippen LogP contribution >= 0.6 is 0 Å². The van der Waals surface area contributed by atoms with E-state index in [1.54, 1.807) is 0 Å². The summed E-state index contributed by atoms with van der Waals surface area (Å²) in [5.74, 6) is 0. The van der Waals surface area contributed by atoms with Crippen LogP contribution in [0.3, 0.4) is 0 Å². The van der Waals surface area contributed by atoms with Gasteiger partial charge in [-0.15, -0.1) is 0 Å². The van der Waals surface area contributed by atoms with E-state index in [9.17, 15) is 0 Å². The Morgan fingerprint density at radius 3 is 1.88 bits per heavy atom. The van der Waals surface area contributed by atoms with Crippen molar-refractivity contribution < 1.29 is 20.3 Å². The Morgan fingerprint density at radius 2 is 1.62 bits per heavy atom. The fourth-order valence-corrected chi connectivity index (χ4v) is 0.534. The zero-order valence-electron chi connectivity index (χ0n) is 6.39. The summed E-state index contributed by atoms with van der Waals surface area (Å²) in [5.41, 5.74) is 1.32. The van der Waals surface area contributed by atoms with Gasteiger partial charge in [-0.2, -0.15) is 0 Å². The van der Waals surface area contributed by atoms with E-state index in [0.717, 1.165) is 0 Å². The molecule has 8 heavy (non-hydrogen) atoms. The second-order valence-corrected chi connectivity index (χ2v) is 1.65. The van der Waals surface area contributed by atoms with Crippen LogP contribution in [0.15, 0.2) is 30.3 Å². The van der Waals surface area contributed by atoms with Crippen LogP contribution in [0.2, 0.25) is 0 Å². The molecule has 0 amide bonds. The Labute approximate surface area is 63.6 Å². The van der Waals surface area contributed by atoms with Crippen molar-refractivity contribution in [3.05, 3.63) is 35.9 Å². The minimum absolute atomic E-state index is 0. The van der Waals surface area contributed by atoms with Gasteiger partial charge in [0.25, 0.3) is 0 Å². The topological polar surface area (TPSA) is 0 Å². The molecule has 1 rings (SSSR count). The fourth-order valence-electron chi connectivity index (χ4n) is 0.534. The number of hydrogen-bond acceptors (Lipinski definition) is 0. The van der Waals surface area contributed by atoms with E-state index in [-0.39, 0.29) is 20.3 Å². The average molecular weight is 100 g/mol. The predicted molar refractivity (Wildman–Crippen MR) is 32.3 cm³/mol. The van der Waals surface area contributed by atoms with Gasteiger partial charge < -0.3 is 1.43 Å². The van der Waals surface area contributed by atoms with E-state index < -0.39 is 0 Å². The fraction of sp³-hybridized carbons (Fsp3) is 0.143. The van der Waals surface area contributed by atoms with Gasteiger partial charge in [0.1, 0.15) is 0 Å². The Bertz CT molecular complexity index is 139. The van der Waals surface area contributed by atoms with Crippen LogP contribution < -0.4 is 18.9 Å². The van der Waals surface area contributed by atoms with Gasteiger partial charge in [-0.3, -0.25) is 0 Å². The molecule has 0 N–H and O–H groups in total. The van der Waals surface area contributed by atoms with E-state index in [2.05, 4.69) is 19.1 Å². The number of rotatable bonds is 0. The molecule has 38 valence electrons. The van der Waals surface area contributed by atoms with E-state index in [0.29, 0.717) is 0 Å². The number of hydrogen-bond donors (Lipinski definition) is 0. The van der Waals surface area contributed by atoms with E-state index >= 15 is 0 Å². The molecule has 0 unspecified atom stereocenters. The summed E-state index contributed by atoms with van der Waals surface area (Å²) in [5, 5.41) is 0. The quantitative estimate of drug-likeness (QED) is 0.371. The molecule has 0 heterocycles. The third-order valence-electron chi connectivity index (χ3n) is 0.940. The molecule has 1 aromatic carbocycles. The maximum Gasteiger partial charge on any atom is 1.00 e. The van der Waals surface area contributed by atoms with Crippen LogP contribution in [-0.2, 0) is 0 Å². The van der Waals surface area contributed by atoms with E-state index in [4.69, 9.17) is 0 Å². The number of benzene rings is 1. The van der Waals surface area contributed by atoms with Crippen LogP contribution in [0.4, 0.5) is 0 Å². The minimum Gasteiger partial charge on any atom is -1.00 e. The average Bonchev–Trinajstić information content (AvgIpc) is 1.69. The van der Waals surface area contributed by atoms with Gasteiger partial charge in [-0.1, -0.05) is 35.9 Å². The number of aryl methyl sites for hydroxylation is 1. The summed E-state index contributed by atoms with van der Waals surface area (Å²) in [6.07, 6.45) is 0. The van der Waals surface area contributed by atoms with Crippen LogP contribution in [0.5, 0.6) is 0 Å². The van der Waals surface area contributed by atoms with Crippen molar-refractivity contribution in [1.82, 2.24) is 0 Å². The molecule has 0 spiro atoms. The minimum atomic E-state index is 0. The van der Waals surface area contributed by atoms with Crippen molar-refractivity contribution >= 4 is 0 Å². The van der Waals surface area contributed by atoms with Crippen LogP contribution in [0, 0.1) is 6.92 Å². The van der Waals surface area contributed by atoms with E-state index in [1.807, 2.05) is 18.2 Å². The first kappa shape index (κ1) is 7.82. The van der Waals surface area contributed by atoms with Gasteiger partial charge in [-0.05, 0) is 6.92 Å². The molecule has 0 nitrogen and oxygen atoms in total. The van der Waals surface area contributed by atoms with Crippen LogP contribution in [-0.4, -0.2) is 0 Å². The first-order valence-electron chi connectivity index (χ1n) is 2.41. The SMILES string of the molecule is Cc1ccccc1.[H-].[Li+]. The third kappa shape index (κ3) is 2.21. The predicted octanol–water partition coefficient (Wildman–Crippen LogP) is -0.888. The summed E-state index contributed by atoms with van der Waals surface area (Å²) >= 11 is 0. The largest absolute Gasteiger partial charge is 1.00 e.